The van der Waals surface area contributed by atoms with E-state index in [-0.39, 0.29) is 0 Å². The second-order valence-corrected chi connectivity index (χ2v) is 12.6. The van der Waals surface area contributed by atoms with Crippen molar-refractivity contribution in [2.45, 2.75) is 0 Å². The van der Waals surface area contributed by atoms with E-state index in [2.05, 4.69) is 30.3 Å². The average Bonchev–Trinajstić information content (AvgIpc) is 2.34. The summed E-state index contributed by atoms with van der Waals surface area (Å²) in [6.07, 6.45) is 0. The fourth-order valence-corrected chi connectivity index (χ4v) is 4.50. The van der Waals surface area contributed by atoms with E-state index in [0.29, 0.717) is 0 Å². The van der Waals surface area contributed by atoms with Crippen molar-refractivity contribution in [3.8, 4) is 0 Å². The zero-order valence-corrected chi connectivity index (χ0v) is 12.6. The highest BCUT2D eigenvalue weighted by molar-refractivity contribution is 7.69. The van der Waals surface area contributed by atoms with E-state index in [4.69, 9.17) is 33.2 Å². The van der Waals surface area contributed by atoms with Crippen LogP contribution in [-0.4, -0.2) is 6.00 Å². The minimum atomic E-state index is -2.87. The predicted molar refractivity (Wildman–Crippen MR) is 84.4 cm³/mol. The molecule has 0 amide bonds. The summed E-state index contributed by atoms with van der Waals surface area (Å²) in [5.74, 6) is 0. The Kier molecular flexibility index (Phi) is 3.03. The number of benzene rings is 3. The van der Waals surface area contributed by atoms with Gasteiger partial charge in [-0.15, -0.1) is 33.2 Å². The van der Waals surface area contributed by atoms with E-state index in [1.54, 1.807) is 0 Å². The lowest BCUT2D eigenvalue weighted by Crippen LogP contribution is -2.30. The third kappa shape index (κ3) is 2.12. The topological polar surface area (TPSA) is 0 Å². The molecular weight excluding hydrogens is 303 g/mol. The van der Waals surface area contributed by atoms with E-state index in [0.717, 1.165) is 16.0 Å². The molecule has 0 heterocycles. The summed E-state index contributed by atoms with van der Waals surface area (Å²) in [5, 5.41) is 5.39. The molecule has 0 aliphatic rings. The fourth-order valence-electron chi connectivity index (χ4n) is 2.21. The second-order valence-electron chi connectivity index (χ2n) is 4.22. The maximum Gasteiger partial charge on any atom is 0.373 e. The largest absolute Gasteiger partial charge is 0.373 e. The molecule has 0 radical (unpaired) electrons. The van der Waals surface area contributed by atoms with E-state index in [1.807, 2.05) is 24.3 Å². The number of fused-ring (bicyclic) bond motifs is 2. The lowest BCUT2D eigenvalue weighted by molar-refractivity contribution is 1.78. The molecule has 0 saturated carbocycles. The molecule has 90 valence electrons. The monoisotopic (exact) mass is 310 g/mol. The van der Waals surface area contributed by atoms with Crippen LogP contribution in [0.5, 0.6) is 0 Å². The second kappa shape index (κ2) is 4.43. The summed E-state index contributed by atoms with van der Waals surface area (Å²) in [5.41, 5.74) is 0. The predicted octanol–water partition coefficient (Wildman–Crippen LogP) is 4.86. The summed E-state index contributed by atoms with van der Waals surface area (Å²) in [6, 6.07) is 15.5. The Morgan fingerprint density at radius 1 is 0.667 bits per heavy atom. The summed E-state index contributed by atoms with van der Waals surface area (Å²) in [4.78, 5) is 0. The van der Waals surface area contributed by atoms with E-state index in [1.165, 1.54) is 10.8 Å². The van der Waals surface area contributed by atoms with Gasteiger partial charge in [-0.25, -0.2) is 0 Å². The van der Waals surface area contributed by atoms with Gasteiger partial charge in [-0.1, -0.05) is 42.5 Å². The Morgan fingerprint density at radius 3 is 1.94 bits per heavy atom. The van der Waals surface area contributed by atoms with Gasteiger partial charge < -0.3 is 0 Å². The lowest BCUT2D eigenvalue weighted by atomic mass is 10.0. The van der Waals surface area contributed by atoms with Crippen LogP contribution in [0.1, 0.15) is 0 Å². The van der Waals surface area contributed by atoms with Crippen LogP contribution in [0.3, 0.4) is 0 Å². The van der Waals surface area contributed by atoms with Crippen LogP contribution in [-0.2, 0) is 0 Å². The average molecular weight is 312 g/mol. The Labute approximate surface area is 120 Å². The molecule has 0 N–H and O–H groups in total. The van der Waals surface area contributed by atoms with Gasteiger partial charge >= 0.3 is 6.00 Å². The molecule has 3 aromatic rings. The van der Waals surface area contributed by atoms with Gasteiger partial charge in [0.2, 0.25) is 0 Å². The van der Waals surface area contributed by atoms with Crippen molar-refractivity contribution in [3.05, 3.63) is 54.6 Å². The molecule has 0 nitrogen and oxygen atoms in total. The first-order valence-corrected chi connectivity index (χ1v) is 10.6. The standard InChI is InChI=1S/C14H9Cl3Si/c15-18(16,17)14-7-3-6-12-8-10-4-1-2-5-11(10)9-13(12)14/h1-9H. The Balaban J connectivity index is 2.44. The van der Waals surface area contributed by atoms with E-state index < -0.39 is 6.00 Å². The van der Waals surface area contributed by atoms with Gasteiger partial charge in [0, 0.05) is 0 Å². The van der Waals surface area contributed by atoms with Gasteiger partial charge in [0.25, 0.3) is 0 Å². The maximum atomic E-state index is 6.16. The molecule has 0 aliphatic heterocycles. The van der Waals surface area contributed by atoms with Gasteiger partial charge in [-0.3, -0.25) is 0 Å². The highest BCUT2D eigenvalue weighted by Crippen LogP contribution is 2.27. The van der Waals surface area contributed by atoms with Gasteiger partial charge in [0.05, 0.1) is 0 Å². The van der Waals surface area contributed by atoms with Crippen molar-refractivity contribution in [2.24, 2.45) is 0 Å². The summed E-state index contributed by atoms with van der Waals surface area (Å²) in [6.45, 7) is 0. The van der Waals surface area contributed by atoms with Crippen LogP contribution in [0, 0.1) is 0 Å². The van der Waals surface area contributed by atoms with E-state index in [9.17, 15) is 0 Å². The van der Waals surface area contributed by atoms with Crippen LogP contribution in [0.4, 0.5) is 0 Å². The first-order valence-electron chi connectivity index (χ1n) is 5.54. The quantitative estimate of drug-likeness (QED) is 0.342. The van der Waals surface area contributed by atoms with Gasteiger partial charge in [0.1, 0.15) is 0 Å². The number of rotatable bonds is 1. The third-order valence-corrected chi connectivity index (χ3v) is 5.93. The SMILES string of the molecule is Cl[Si](Cl)(Cl)c1cccc2cc3ccccc3cc12. The van der Waals surface area contributed by atoms with Crippen molar-refractivity contribution < 1.29 is 0 Å². The molecule has 0 aromatic heterocycles. The highest BCUT2D eigenvalue weighted by Gasteiger charge is 2.29. The minimum Gasteiger partial charge on any atom is -0.121 e. The summed E-state index contributed by atoms with van der Waals surface area (Å²) in [7, 11) is 0. The normalized spacial score (nSPS) is 12.2. The fraction of sp³-hybridized carbons (Fsp3) is 0. The van der Waals surface area contributed by atoms with Crippen molar-refractivity contribution in [1.82, 2.24) is 0 Å². The molecule has 4 heteroatoms. The zero-order chi connectivity index (χ0) is 12.8. The van der Waals surface area contributed by atoms with Crippen molar-refractivity contribution >= 4 is 66.0 Å². The molecule has 0 saturated heterocycles. The summed E-state index contributed by atoms with van der Waals surface area (Å²) >= 11 is 18.5. The van der Waals surface area contributed by atoms with Crippen LogP contribution in [0.2, 0.25) is 0 Å². The smallest absolute Gasteiger partial charge is 0.121 e. The number of hydrogen-bond donors (Lipinski definition) is 0. The molecule has 3 aromatic carbocycles. The van der Waals surface area contributed by atoms with Crippen molar-refractivity contribution in [1.29, 1.82) is 0 Å². The molecular formula is C14H9Cl3Si. The molecule has 3 rings (SSSR count). The number of halogens is 3. The zero-order valence-electron chi connectivity index (χ0n) is 9.33. The molecule has 0 atom stereocenters. The molecule has 18 heavy (non-hydrogen) atoms. The van der Waals surface area contributed by atoms with Crippen LogP contribution in [0.15, 0.2) is 54.6 Å². The van der Waals surface area contributed by atoms with Gasteiger partial charge in [0.15, 0.2) is 0 Å². The molecule has 0 aliphatic carbocycles. The highest BCUT2D eigenvalue weighted by atomic mass is 35.8. The maximum absolute atomic E-state index is 6.16. The molecule has 0 bridgehead atoms. The third-order valence-electron chi connectivity index (χ3n) is 3.05. The first-order chi connectivity index (χ1) is 8.55. The van der Waals surface area contributed by atoms with Crippen LogP contribution >= 0.6 is 33.2 Å². The van der Waals surface area contributed by atoms with Crippen LogP contribution < -0.4 is 5.19 Å². The number of hydrogen-bond acceptors (Lipinski definition) is 0. The Morgan fingerprint density at radius 2 is 1.28 bits per heavy atom. The Bertz CT molecular complexity index is 732. The lowest BCUT2D eigenvalue weighted by Gasteiger charge is -2.12. The van der Waals surface area contributed by atoms with Crippen molar-refractivity contribution in [2.75, 3.05) is 0 Å². The van der Waals surface area contributed by atoms with Gasteiger partial charge in [-0.2, -0.15) is 0 Å². The van der Waals surface area contributed by atoms with Crippen molar-refractivity contribution in [3.63, 3.8) is 0 Å². The van der Waals surface area contributed by atoms with Crippen LogP contribution in [0.25, 0.3) is 21.5 Å². The van der Waals surface area contributed by atoms with E-state index >= 15 is 0 Å². The molecule has 0 unspecified atom stereocenters. The summed E-state index contributed by atoms with van der Waals surface area (Å²) < 4.78 is 0. The first kappa shape index (κ1) is 12.3. The Hall–Kier alpha value is -0.733. The molecule has 0 fully saturated rings. The minimum absolute atomic E-state index is 0.857. The molecule has 0 spiro atoms. The van der Waals surface area contributed by atoms with Gasteiger partial charge in [-0.05, 0) is 38.9 Å².